The highest BCUT2D eigenvalue weighted by Crippen LogP contribution is 2.07. The smallest absolute Gasteiger partial charge is 0.407 e. The second-order valence-corrected chi connectivity index (χ2v) is 2.50. The summed E-state index contributed by atoms with van der Waals surface area (Å²) < 4.78 is 0. The summed E-state index contributed by atoms with van der Waals surface area (Å²) in [7, 11) is 1.86. The molecule has 0 aromatic rings. The third-order valence-electron chi connectivity index (χ3n) is 1.87. The van der Waals surface area contributed by atoms with E-state index in [1.807, 2.05) is 7.05 Å². The molecule has 0 aliphatic carbocycles. The highest BCUT2D eigenvalue weighted by atomic mass is 35.5. The fraction of sp³-hybridized carbons (Fsp3) is 0.833. The van der Waals surface area contributed by atoms with Crippen molar-refractivity contribution in [3.8, 4) is 0 Å². The van der Waals surface area contributed by atoms with Crippen molar-refractivity contribution in [1.82, 2.24) is 10.2 Å². The molecular formula is C6H13ClN2O2. The van der Waals surface area contributed by atoms with E-state index >= 15 is 0 Å². The van der Waals surface area contributed by atoms with Gasteiger partial charge in [0, 0.05) is 19.1 Å². The van der Waals surface area contributed by atoms with Crippen molar-refractivity contribution in [3.05, 3.63) is 0 Å². The fourth-order valence-electron chi connectivity index (χ4n) is 1.17. The van der Waals surface area contributed by atoms with Crippen molar-refractivity contribution in [2.75, 3.05) is 20.1 Å². The van der Waals surface area contributed by atoms with E-state index in [0.29, 0.717) is 19.1 Å². The van der Waals surface area contributed by atoms with Gasteiger partial charge >= 0.3 is 6.09 Å². The van der Waals surface area contributed by atoms with Gasteiger partial charge in [0.05, 0.1) is 0 Å². The molecule has 0 spiro atoms. The van der Waals surface area contributed by atoms with Crippen LogP contribution in [0.4, 0.5) is 4.79 Å². The van der Waals surface area contributed by atoms with Crippen LogP contribution in [-0.4, -0.2) is 42.3 Å². The molecular weight excluding hydrogens is 168 g/mol. The Kier molecular flexibility index (Phi) is 4.22. The van der Waals surface area contributed by atoms with Gasteiger partial charge < -0.3 is 15.3 Å². The molecule has 1 aliphatic rings. The Morgan fingerprint density at radius 3 is 2.64 bits per heavy atom. The van der Waals surface area contributed by atoms with Crippen LogP contribution >= 0.6 is 12.4 Å². The first-order valence-electron chi connectivity index (χ1n) is 3.39. The van der Waals surface area contributed by atoms with Gasteiger partial charge in [-0.05, 0) is 13.5 Å². The van der Waals surface area contributed by atoms with Crippen LogP contribution in [0.15, 0.2) is 0 Å². The summed E-state index contributed by atoms with van der Waals surface area (Å²) in [6.07, 6.45) is 0.126. The maximum Gasteiger partial charge on any atom is 0.407 e. The van der Waals surface area contributed by atoms with Crippen LogP contribution in [0.5, 0.6) is 0 Å². The third kappa shape index (κ3) is 2.55. The van der Waals surface area contributed by atoms with E-state index in [0.717, 1.165) is 6.42 Å². The summed E-state index contributed by atoms with van der Waals surface area (Å²) in [6.45, 7) is 1.30. The zero-order valence-electron chi connectivity index (χ0n) is 6.41. The van der Waals surface area contributed by atoms with E-state index in [1.54, 1.807) is 0 Å². The number of likely N-dealkylation sites (N-methyl/N-ethyl adjacent to an activating group) is 1. The van der Waals surface area contributed by atoms with Crippen molar-refractivity contribution in [2.24, 2.45) is 0 Å². The summed E-state index contributed by atoms with van der Waals surface area (Å²) >= 11 is 0. The molecule has 1 aliphatic heterocycles. The van der Waals surface area contributed by atoms with Gasteiger partial charge in [0.2, 0.25) is 0 Å². The summed E-state index contributed by atoms with van der Waals surface area (Å²) in [6, 6.07) is 0.357. The lowest BCUT2D eigenvalue weighted by atomic mass is 10.3. The predicted molar refractivity (Wildman–Crippen MR) is 44.3 cm³/mol. The molecule has 1 atom stereocenters. The molecule has 0 saturated carbocycles. The molecule has 1 rings (SSSR count). The first-order chi connectivity index (χ1) is 4.74. The Labute approximate surface area is 72.0 Å². The minimum absolute atomic E-state index is 0. The highest BCUT2D eigenvalue weighted by Gasteiger charge is 2.23. The molecule has 0 aromatic heterocycles. The highest BCUT2D eigenvalue weighted by molar-refractivity contribution is 5.85. The molecule has 1 amide bonds. The molecule has 2 N–H and O–H groups in total. The number of hydrogen-bond donors (Lipinski definition) is 2. The third-order valence-corrected chi connectivity index (χ3v) is 1.87. The van der Waals surface area contributed by atoms with Crippen LogP contribution < -0.4 is 5.32 Å². The Hall–Kier alpha value is -0.480. The van der Waals surface area contributed by atoms with Gasteiger partial charge in [-0.25, -0.2) is 4.79 Å². The molecule has 5 heteroatoms. The molecule has 0 radical (unpaired) electrons. The lowest BCUT2D eigenvalue weighted by molar-refractivity contribution is 0.155. The van der Waals surface area contributed by atoms with E-state index in [2.05, 4.69) is 5.32 Å². The minimum Gasteiger partial charge on any atom is -0.465 e. The second-order valence-electron chi connectivity index (χ2n) is 2.50. The number of carboxylic acid groups (broad SMARTS) is 1. The number of likely N-dealkylation sites (tertiary alicyclic amines) is 1. The van der Waals surface area contributed by atoms with Crippen LogP contribution in [0, 0.1) is 0 Å². The molecule has 0 aromatic carbocycles. The molecule has 1 heterocycles. The normalized spacial score (nSPS) is 23.0. The quantitative estimate of drug-likeness (QED) is 0.614. The lowest BCUT2D eigenvalue weighted by Crippen LogP contribution is -2.32. The Morgan fingerprint density at radius 1 is 1.73 bits per heavy atom. The first-order valence-corrected chi connectivity index (χ1v) is 3.39. The molecule has 11 heavy (non-hydrogen) atoms. The Bertz CT molecular complexity index is 143. The SMILES string of the molecule is CN[C@@H]1CCN(C(=O)O)C1.Cl. The standard InChI is InChI=1S/C6H12N2O2.ClH/c1-7-5-2-3-8(4-5)6(9)10;/h5,7H,2-4H2,1H3,(H,9,10);1H/t5-;/m1./s1. The monoisotopic (exact) mass is 180 g/mol. The molecule has 4 nitrogen and oxygen atoms in total. The molecule has 0 unspecified atom stereocenters. The maximum absolute atomic E-state index is 10.4. The summed E-state index contributed by atoms with van der Waals surface area (Å²) in [4.78, 5) is 11.8. The van der Waals surface area contributed by atoms with Crippen molar-refractivity contribution in [2.45, 2.75) is 12.5 Å². The summed E-state index contributed by atoms with van der Waals surface area (Å²) in [5, 5.41) is 11.6. The van der Waals surface area contributed by atoms with E-state index in [-0.39, 0.29) is 12.4 Å². The molecule has 0 bridgehead atoms. The number of amides is 1. The number of hydrogen-bond acceptors (Lipinski definition) is 2. The van der Waals surface area contributed by atoms with E-state index < -0.39 is 6.09 Å². The zero-order chi connectivity index (χ0) is 7.56. The first kappa shape index (κ1) is 10.5. The largest absolute Gasteiger partial charge is 0.465 e. The average Bonchev–Trinajstić information content (AvgIpc) is 2.34. The van der Waals surface area contributed by atoms with Crippen LogP contribution in [0.3, 0.4) is 0 Å². The topological polar surface area (TPSA) is 52.6 Å². The van der Waals surface area contributed by atoms with Crippen LogP contribution in [0.1, 0.15) is 6.42 Å². The van der Waals surface area contributed by atoms with Gasteiger partial charge in [-0.15, -0.1) is 12.4 Å². The van der Waals surface area contributed by atoms with E-state index in [4.69, 9.17) is 5.11 Å². The average molecular weight is 181 g/mol. The van der Waals surface area contributed by atoms with E-state index in [9.17, 15) is 4.79 Å². The second kappa shape index (κ2) is 4.41. The van der Waals surface area contributed by atoms with Gasteiger partial charge in [0.1, 0.15) is 0 Å². The van der Waals surface area contributed by atoms with Gasteiger partial charge in [-0.1, -0.05) is 0 Å². The van der Waals surface area contributed by atoms with Crippen molar-refractivity contribution in [1.29, 1.82) is 0 Å². The van der Waals surface area contributed by atoms with Gasteiger partial charge in [0.25, 0.3) is 0 Å². The zero-order valence-corrected chi connectivity index (χ0v) is 7.23. The number of halogens is 1. The van der Waals surface area contributed by atoms with Crippen LogP contribution in [0.25, 0.3) is 0 Å². The van der Waals surface area contributed by atoms with Gasteiger partial charge in [-0.2, -0.15) is 0 Å². The van der Waals surface area contributed by atoms with Crippen LogP contribution in [0.2, 0.25) is 0 Å². The Balaban J connectivity index is 0.000001000. The van der Waals surface area contributed by atoms with Crippen LogP contribution in [-0.2, 0) is 0 Å². The van der Waals surface area contributed by atoms with Gasteiger partial charge in [0.15, 0.2) is 0 Å². The summed E-state index contributed by atoms with van der Waals surface area (Å²) in [5.74, 6) is 0. The molecule has 1 fully saturated rings. The number of carbonyl (C=O) groups is 1. The van der Waals surface area contributed by atoms with Crippen molar-refractivity contribution >= 4 is 18.5 Å². The van der Waals surface area contributed by atoms with Crippen molar-refractivity contribution in [3.63, 3.8) is 0 Å². The fourth-order valence-corrected chi connectivity index (χ4v) is 1.17. The van der Waals surface area contributed by atoms with Gasteiger partial charge in [-0.3, -0.25) is 0 Å². The van der Waals surface area contributed by atoms with Crippen molar-refractivity contribution < 1.29 is 9.90 Å². The lowest BCUT2D eigenvalue weighted by Gasteiger charge is -2.10. The number of nitrogens with zero attached hydrogens (tertiary/aromatic N) is 1. The Morgan fingerprint density at radius 2 is 2.36 bits per heavy atom. The maximum atomic E-state index is 10.4. The predicted octanol–water partition coefficient (Wildman–Crippen LogP) is 0.380. The number of nitrogens with one attached hydrogen (secondary N) is 1. The minimum atomic E-state index is -0.808. The van der Waals surface area contributed by atoms with E-state index in [1.165, 1.54) is 4.90 Å². The molecule has 66 valence electrons. The summed E-state index contributed by atoms with van der Waals surface area (Å²) in [5.41, 5.74) is 0. The number of rotatable bonds is 1. The molecule has 1 saturated heterocycles.